The fraction of sp³-hybridized carbons (Fsp3) is 0.158. The maximum absolute atomic E-state index is 12.2. The normalized spacial score (nSPS) is 11.8. The van der Waals surface area contributed by atoms with Crippen molar-refractivity contribution in [2.45, 2.75) is 6.54 Å². The van der Waals surface area contributed by atoms with Gasteiger partial charge in [-0.1, -0.05) is 23.3 Å². The molecule has 26 heavy (non-hydrogen) atoms. The Hall–Kier alpha value is -2.82. The third-order valence-corrected chi connectivity index (χ3v) is 5.46. The van der Waals surface area contributed by atoms with Crippen LogP contribution in [0.4, 0.5) is 0 Å². The maximum atomic E-state index is 12.2. The summed E-state index contributed by atoms with van der Waals surface area (Å²) in [5.41, 5.74) is 0.847. The number of thiophene rings is 1. The van der Waals surface area contributed by atoms with E-state index in [1.807, 2.05) is 34.2 Å². The van der Waals surface area contributed by atoms with Crippen molar-refractivity contribution in [2.75, 3.05) is 14.2 Å². The van der Waals surface area contributed by atoms with E-state index in [9.17, 15) is 4.79 Å². The molecule has 0 saturated heterocycles. The van der Waals surface area contributed by atoms with Gasteiger partial charge in [0.2, 0.25) is 0 Å². The predicted octanol–water partition coefficient (Wildman–Crippen LogP) is 3.56. The van der Waals surface area contributed by atoms with E-state index in [1.165, 1.54) is 17.4 Å². The molecule has 0 unspecified atom stereocenters. The molecule has 0 aliphatic carbocycles. The Balaban J connectivity index is 2.08. The number of terminal acetylenes is 1. The van der Waals surface area contributed by atoms with Crippen LogP contribution in [0.15, 0.2) is 40.7 Å². The van der Waals surface area contributed by atoms with Crippen LogP contribution in [-0.2, 0) is 11.3 Å². The van der Waals surface area contributed by atoms with Crippen molar-refractivity contribution in [3.63, 3.8) is 0 Å². The first kappa shape index (κ1) is 18.0. The van der Waals surface area contributed by atoms with Crippen LogP contribution >= 0.6 is 22.7 Å². The summed E-state index contributed by atoms with van der Waals surface area (Å²) in [5.74, 6) is 3.48. The average Bonchev–Trinajstić information content (AvgIpc) is 3.27. The molecule has 0 bridgehead atoms. The minimum Gasteiger partial charge on any atom is -0.493 e. The van der Waals surface area contributed by atoms with Crippen LogP contribution in [0.2, 0.25) is 0 Å². The number of ether oxygens (including phenoxy) is 2. The van der Waals surface area contributed by atoms with Crippen molar-refractivity contribution in [1.29, 1.82) is 0 Å². The van der Waals surface area contributed by atoms with Crippen LogP contribution in [0.25, 0.3) is 16.3 Å². The van der Waals surface area contributed by atoms with Crippen molar-refractivity contribution in [1.82, 2.24) is 4.57 Å². The largest absolute Gasteiger partial charge is 0.493 e. The minimum atomic E-state index is -0.338. The van der Waals surface area contributed by atoms with Crippen LogP contribution in [0.3, 0.4) is 0 Å². The molecule has 0 aliphatic heterocycles. The molecule has 1 aromatic carbocycles. The number of amides is 1. The number of carbonyl (C=O) groups is 1. The molecule has 2 heterocycles. The van der Waals surface area contributed by atoms with Gasteiger partial charge in [-0.2, -0.15) is 4.99 Å². The number of thiazole rings is 1. The molecule has 5 nitrogen and oxygen atoms in total. The summed E-state index contributed by atoms with van der Waals surface area (Å²) < 4.78 is 13.4. The molecule has 7 heteroatoms. The Kier molecular flexibility index (Phi) is 5.56. The van der Waals surface area contributed by atoms with E-state index in [0.717, 1.165) is 15.1 Å². The highest BCUT2D eigenvalue weighted by molar-refractivity contribution is 7.16. The van der Waals surface area contributed by atoms with E-state index in [0.29, 0.717) is 22.8 Å². The molecule has 132 valence electrons. The van der Waals surface area contributed by atoms with Gasteiger partial charge in [0.25, 0.3) is 5.91 Å². The van der Waals surface area contributed by atoms with Crippen molar-refractivity contribution < 1.29 is 14.3 Å². The topological polar surface area (TPSA) is 52.8 Å². The maximum Gasteiger partial charge on any atom is 0.272 e. The first-order chi connectivity index (χ1) is 12.7. The zero-order valence-corrected chi connectivity index (χ0v) is 15.9. The van der Waals surface area contributed by atoms with E-state index in [1.54, 1.807) is 31.6 Å². The van der Waals surface area contributed by atoms with Gasteiger partial charge in [-0.05, 0) is 17.5 Å². The van der Waals surface area contributed by atoms with Gasteiger partial charge in [0.15, 0.2) is 16.3 Å². The number of carbonyl (C=O) groups excluding carboxylic acids is 1. The van der Waals surface area contributed by atoms with Crippen LogP contribution in [0, 0.1) is 12.3 Å². The van der Waals surface area contributed by atoms with Crippen LogP contribution in [0.1, 0.15) is 4.88 Å². The number of methoxy groups -OCH3 is 2. The Labute approximate surface area is 158 Å². The number of benzene rings is 1. The molecule has 0 fully saturated rings. The number of fused-ring (bicyclic) bond motifs is 1. The SMILES string of the molecule is C#CCn1c(=NC(=O)C=Cc2cccs2)sc2cc(OC)c(OC)cc21. The number of hydrogen-bond donors (Lipinski definition) is 0. The lowest BCUT2D eigenvalue weighted by Crippen LogP contribution is -2.15. The Morgan fingerprint density at radius 1 is 1.35 bits per heavy atom. The molecule has 0 atom stereocenters. The molecule has 0 aliphatic rings. The molecule has 2 aromatic heterocycles. The summed E-state index contributed by atoms with van der Waals surface area (Å²) in [5, 5.41) is 1.95. The van der Waals surface area contributed by atoms with E-state index in [4.69, 9.17) is 15.9 Å². The smallest absolute Gasteiger partial charge is 0.272 e. The second-order valence-corrected chi connectivity index (χ2v) is 7.14. The van der Waals surface area contributed by atoms with Crippen molar-refractivity contribution in [3.05, 3.63) is 45.4 Å². The molecule has 0 radical (unpaired) electrons. The second kappa shape index (κ2) is 8.04. The molecule has 3 aromatic rings. The highest BCUT2D eigenvalue weighted by Gasteiger charge is 2.12. The molecule has 1 amide bonds. The Morgan fingerprint density at radius 2 is 2.12 bits per heavy atom. The van der Waals surface area contributed by atoms with Gasteiger partial charge in [-0.15, -0.1) is 17.8 Å². The zero-order chi connectivity index (χ0) is 18.5. The van der Waals surface area contributed by atoms with Crippen molar-refractivity contribution in [3.8, 4) is 23.8 Å². The first-order valence-electron chi connectivity index (χ1n) is 7.65. The molecule has 3 rings (SSSR count). The lowest BCUT2D eigenvalue weighted by molar-refractivity contribution is -0.113. The highest BCUT2D eigenvalue weighted by Crippen LogP contribution is 2.33. The van der Waals surface area contributed by atoms with Gasteiger partial charge in [-0.25, -0.2) is 0 Å². The van der Waals surface area contributed by atoms with E-state index in [-0.39, 0.29) is 5.91 Å². The van der Waals surface area contributed by atoms with Gasteiger partial charge < -0.3 is 14.0 Å². The third-order valence-electron chi connectivity index (χ3n) is 3.58. The number of aromatic nitrogens is 1. The first-order valence-corrected chi connectivity index (χ1v) is 9.35. The van der Waals surface area contributed by atoms with Crippen LogP contribution in [-0.4, -0.2) is 24.7 Å². The van der Waals surface area contributed by atoms with E-state index >= 15 is 0 Å². The van der Waals surface area contributed by atoms with Crippen LogP contribution in [0.5, 0.6) is 11.5 Å². The molecule has 0 N–H and O–H groups in total. The fourth-order valence-corrected chi connectivity index (χ4v) is 4.06. The zero-order valence-electron chi connectivity index (χ0n) is 14.3. The monoisotopic (exact) mass is 384 g/mol. The summed E-state index contributed by atoms with van der Waals surface area (Å²) in [4.78, 5) is 18.0. The summed E-state index contributed by atoms with van der Waals surface area (Å²) in [6.45, 7) is 0.302. The number of rotatable bonds is 5. The third kappa shape index (κ3) is 3.72. The Bertz CT molecular complexity index is 1070. The van der Waals surface area contributed by atoms with Crippen molar-refractivity contribution in [2.24, 2.45) is 4.99 Å². The Morgan fingerprint density at radius 3 is 2.77 bits per heavy atom. The quantitative estimate of drug-likeness (QED) is 0.499. The fourth-order valence-electron chi connectivity index (χ4n) is 2.40. The van der Waals surface area contributed by atoms with Gasteiger partial charge in [0.05, 0.1) is 31.0 Å². The molecule has 0 saturated carbocycles. The van der Waals surface area contributed by atoms with Crippen molar-refractivity contribution >= 4 is 44.9 Å². The lowest BCUT2D eigenvalue weighted by Gasteiger charge is -2.08. The molecule has 0 spiro atoms. The summed E-state index contributed by atoms with van der Waals surface area (Å²) in [7, 11) is 3.16. The van der Waals surface area contributed by atoms with Gasteiger partial charge in [-0.3, -0.25) is 4.79 Å². The van der Waals surface area contributed by atoms with Gasteiger partial charge >= 0.3 is 0 Å². The van der Waals surface area contributed by atoms with E-state index < -0.39 is 0 Å². The summed E-state index contributed by atoms with van der Waals surface area (Å²) in [6.07, 6.45) is 8.71. The standard InChI is InChI=1S/C19H16N2O3S2/c1-4-9-21-14-11-15(23-2)16(24-3)12-17(14)26-19(21)20-18(22)8-7-13-6-5-10-25-13/h1,5-8,10-12H,9H2,2-3H3. The average molecular weight is 384 g/mol. The second-order valence-electron chi connectivity index (χ2n) is 5.15. The van der Waals surface area contributed by atoms with E-state index in [2.05, 4.69) is 10.9 Å². The van der Waals surface area contributed by atoms with Gasteiger partial charge in [0, 0.05) is 23.1 Å². The van der Waals surface area contributed by atoms with Crippen LogP contribution < -0.4 is 14.3 Å². The number of nitrogens with zero attached hydrogens (tertiary/aromatic N) is 2. The summed E-state index contributed by atoms with van der Waals surface area (Å²) in [6, 6.07) is 7.56. The highest BCUT2D eigenvalue weighted by atomic mass is 32.1. The predicted molar refractivity (Wildman–Crippen MR) is 106 cm³/mol. The molecular formula is C19H16N2O3S2. The minimum absolute atomic E-state index is 0.302. The van der Waals surface area contributed by atoms with Gasteiger partial charge in [0.1, 0.15) is 0 Å². The summed E-state index contributed by atoms with van der Waals surface area (Å²) >= 11 is 2.93. The lowest BCUT2D eigenvalue weighted by atomic mass is 10.3. The number of hydrogen-bond acceptors (Lipinski definition) is 5. The molecular weight excluding hydrogens is 368 g/mol.